The van der Waals surface area contributed by atoms with Crippen molar-refractivity contribution in [2.24, 2.45) is 0 Å². The van der Waals surface area contributed by atoms with Gasteiger partial charge in [0.15, 0.2) is 0 Å². The molecule has 1 atom stereocenters. The number of amides is 2. The van der Waals surface area contributed by atoms with Crippen molar-refractivity contribution in [3.63, 3.8) is 0 Å². The Hall–Kier alpha value is -2.02. The highest BCUT2D eigenvalue weighted by atomic mass is 16.2. The summed E-state index contributed by atoms with van der Waals surface area (Å²) in [5.41, 5.74) is 1.29. The van der Waals surface area contributed by atoms with Gasteiger partial charge in [-0.15, -0.1) is 0 Å². The van der Waals surface area contributed by atoms with Crippen molar-refractivity contribution in [1.82, 2.24) is 10.6 Å². The van der Waals surface area contributed by atoms with Gasteiger partial charge in [-0.2, -0.15) is 5.26 Å². The zero-order chi connectivity index (χ0) is 14.5. The third-order valence-electron chi connectivity index (χ3n) is 3.20. The molecular weight excluding hydrogens is 238 g/mol. The van der Waals surface area contributed by atoms with Gasteiger partial charge in [-0.3, -0.25) is 0 Å². The van der Waals surface area contributed by atoms with E-state index in [9.17, 15) is 4.79 Å². The first kappa shape index (κ1) is 15.0. The molecule has 19 heavy (non-hydrogen) atoms. The topological polar surface area (TPSA) is 64.9 Å². The lowest BCUT2D eigenvalue weighted by Crippen LogP contribution is -2.48. The number of benzene rings is 1. The summed E-state index contributed by atoms with van der Waals surface area (Å²) < 4.78 is 0. The van der Waals surface area contributed by atoms with Crippen LogP contribution in [0.1, 0.15) is 51.3 Å². The van der Waals surface area contributed by atoms with Crippen LogP contribution in [-0.4, -0.2) is 11.6 Å². The lowest BCUT2D eigenvalue weighted by atomic mass is 10.0. The fraction of sp³-hybridized carbons (Fsp3) is 0.467. The van der Waals surface area contributed by atoms with Gasteiger partial charge in [0.05, 0.1) is 17.7 Å². The van der Waals surface area contributed by atoms with Crippen LogP contribution in [0.25, 0.3) is 0 Å². The number of hydrogen-bond donors (Lipinski definition) is 2. The maximum Gasteiger partial charge on any atom is 0.315 e. The standard InChI is InChI=1S/C15H21N3O/c1-5-15(3,4)18-14(19)17-11(2)13-8-6-7-12(9-13)10-16/h6-9,11H,5H2,1-4H3,(H2,17,18,19)/t11-/m1/s1. The van der Waals surface area contributed by atoms with Gasteiger partial charge in [0.1, 0.15) is 0 Å². The third kappa shape index (κ3) is 4.63. The minimum absolute atomic E-state index is 0.138. The molecule has 0 aliphatic heterocycles. The van der Waals surface area contributed by atoms with Crippen LogP contribution in [0.15, 0.2) is 24.3 Å². The Morgan fingerprint density at radius 3 is 2.74 bits per heavy atom. The molecule has 0 aliphatic rings. The lowest BCUT2D eigenvalue weighted by Gasteiger charge is -2.26. The Morgan fingerprint density at radius 1 is 1.47 bits per heavy atom. The van der Waals surface area contributed by atoms with E-state index in [1.807, 2.05) is 39.8 Å². The molecule has 0 aliphatic carbocycles. The van der Waals surface area contributed by atoms with Gasteiger partial charge >= 0.3 is 6.03 Å². The summed E-state index contributed by atoms with van der Waals surface area (Å²) in [6.07, 6.45) is 0.860. The van der Waals surface area contributed by atoms with E-state index in [1.165, 1.54) is 0 Å². The average molecular weight is 259 g/mol. The summed E-state index contributed by atoms with van der Waals surface area (Å²) >= 11 is 0. The van der Waals surface area contributed by atoms with Gasteiger partial charge in [-0.25, -0.2) is 4.79 Å². The van der Waals surface area contributed by atoms with E-state index in [4.69, 9.17) is 5.26 Å². The van der Waals surface area contributed by atoms with Crippen LogP contribution in [-0.2, 0) is 0 Å². The molecule has 0 radical (unpaired) electrons. The zero-order valence-electron chi connectivity index (χ0n) is 11.9. The molecule has 1 aromatic carbocycles. The smallest absolute Gasteiger partial charge is 0.315 e. The lowest BCUT2D eigenvalue weighted by molar-refractivity contribution is 0.226. The summed E-state index contributed by atoms with van der Waals surface area (Å²) in [6, 6.07) is 9.02. The molecule has 0 bridgehead atoms. The highest BCUT2D eigenvalue weighted by Crippen LogP contribution is 2.14. The summed E-state index contributed by atoms with van der Waals surface area (Å²) in [5, 5.41) is 14.7. The third-order valence-corrected chi connectivity index (χ3v) is 3.20. The zero-order valence-corrected chi connectivity index (χ0v) is 11.9. The number of urea groups is 1. The first-order chi connectivity index (χ1) is 8.88. The van der Waals surface area contributed by atoms with Crippen molar-refractivity contribution in [1.29, 1.82) is 5.26 Å². The average Bonchev–Trinajstić information content (AvgIpc) is 2.38. The Kier molecular flexibility index (Phi) is 4.94. The molecule has 0 saturated heterocycles. The normalized spacial score (nSPS) is 12.4. The van der Waals surface area contributed by atoms with Crippen LogP contribution in [0.5, 0.6) is 0 Å². The van der Waals surface area contributed by atoms with Crippen LogP contribution < -0.4 is 10.6 Å². The number of nitriles is 1. The molecule has 2 N–H and O–H groups in total. The predicted octanol–water partition coefficient (Wildman–Crippen LogP) is 3.11. The molecule has 4 heteroatoms. The van der Waals surface area contributed by atoms with Gasteiger partial charge in [0, 0.05) is 5.54 Å². The highest BCUT2D eigenvalue weighted by molar-refractivity contribution is 5.75. The fourth-order valence-corrected chi connectivity index (χ4v) is 1.59. The van der Waals surface area contributed by atoms with Crippen molar-refractivity contribution < 1.29 is 4.79 Å². The predicted molar refractivity (Wildman–Crippen MR) is 75.6 cm³/mol. The number of carbonyl (C=O) groups is 1. The number of carbonyl (C=O) groups excluding carboxylic acids is 1. The summed E-state index contributed by atoms with van der Waals surface area (Å²) in [7, 11) is 0. The Bertz CT molecular complexity index is 488. The van der Waals surface area contributed by atoms with E-state index < -0.39 is 0 Å². The molecule has 0 aromatic heterocycles. The Balaban J connectivity index is 2.67. The maximum atomic E-state index is 11.9. The van der Waals surface area contributed by atoms with Crippen molar-refractivity contribution >= 4 is 6.03 Å². The molecule has 0 saturated carbocycles. The van der Waals surface area contributed by atoms with Crippen molar-refractivity contribution in [2.75, 3.05) is 0 Å². The SMILES string of the molecule is CCC(C)(C)NC(=O)N[C@H](C)c1cccc(C#N)c1. The Morgan fingerprint density at radius 2 is 2.16 bits per heavy atom. The van der Waals surface area contributed by atoms with Gasteiger partial charge in [0.25, 0.3) is 0 Å². The van der Waals surface area contributed by atoms with Gasteiger partial charge < -0.3 is 10.6 Å². The number of rotatable bonds is 4. The van der Waals surface area contributed by atoms with E-state index in [0.717, 1.165) is 12.0 Å². The first-order valence-electron chi connectivity index (χ1n) is 6.46. The number of hydrogen-bond acceptors (Lipinski definition) is 2. The quantitative estimate of drug-likeness (QED) is 0.872. The van der Waals surface area contributed by atoms with E-state index in [0.29, 0.717) is 5.56 Å². The van der Waals surface area contributed by atoms with Gasteiger partial charge in [-0.1, -0.05) is 19.1 Å². The molecular formula is C15H21N3O. The molecule has 0 fully saturated rings. The molecule has 2 amide bonds. The van der Waals surface area contributed by atoms with E-state index in [1.54, 1.807) is 12.1 Å². The number of nitrogens with one attached hydrogen (secondary N) is 2. The van der Waals surface area contributed by atoms with Crippen LogP contribution in [0.3, 0.4) is 0 Å². The molecule has 1 aromatic rings. The summed E-state index contributed by atoms with van der Waals surface area (Å²) in [4.78, 5) is 11.9. The molecule has 1 rings (SSSR count). The van der Waals surface area contributed by atoms with E-state index >= 15 is 0 Å². The summed E-state index contributed by atoms with van der Waals surface area (Å²) in [5.74, 6) is 0. The fourth-order valence-electron chi connectivity index (χ4n) is 1.59. The van der Waals surface area contributed by atoms with Crippen molar-refractivity contribution in [2.45, 2.75) is 45.7 Å². The molecule has 4 nitrogen and oxygen atoms in total. The van der Waals surface area contributed by atoms with Gasteiger partial charge in [-0.05, 0) is 44.9 Å². The van der Waals surface area contributed by atoms with Crippen LogP contribution in [0.4, 0.5) is 4.79 Å². The number of nitrogens with zero attached hydrogens (tertiary/aromatic N) is 1. The monoisotopic (exact) mass is 259 g/mol. The van der Waals surface area contributed by atoms with E-state index in [2.05, 4.69) is 16.7 Å². The molecule has 0 spiro atoms. The second-order valence-electron chi connectivity index (χ2n) is 5.29. The second kappa shape index (κ2) is 6.24. The minimum atomic E-state index is -0.224. The largest absolute Gasteiger partial charge is 0.333 e. The maximum absolute atomic E-state index is 11.9. The highest BCUT2D eigenvalue weighted by Gasteiger charge is 2.19. The van der Waals surface area contributed by atoms with Crippen LogP contribution >= 0.6 is 0 Å². The molecule has 0 heterocycles. The van der Waals surface area contributed by atoms with Crippen molar-refractivity contribution in [3.05, 3.63) is 35.4 Å². The van der Waals surface area contributed by atoms with Crippen LogP contribution in [0, 0.1) is 11.3 Å². The van der Waals surface area contributed by atoms with Gasteiger partial charge in [0.2, 0.25) is 0 Å². The first-order valence-corrected chi connectivity index (χ1v) is 6.46. The summed E-state index contributed by atoms with van der Waals surface area (Å²) in [6.45, 7) is 7.89. The molecule has 102 valence electrons. The van der Waals surface area contributed by atoms with Crippen molar-refractivity contribution in [3.8, 4) is 6.07 Å². The minimum Gasteiger partial charge on any atom is -0.333 e. The molecule has 0 unspecified atom stereocenters. The second-order valence-corrected chi connectivity index (χ2v) is 5.29. The van der Waals surface area contributed by atoms with E-state index in [-0.39, 0.29) is 17.6 Å². The van der Waals surface area contributed by atoms with Crippen LogP contribution in [0.2, 0.25) is 0 Å². The Labute approximate surface area is 114 Å².